The second-order valence-electron chi connectivity index (χ2n) is 7.77. The van der Waals surface area contributed by atoms with Crippen molar-refractivity contribution in [3.05, 3.63) is 82.6 Å². The highest BCUT2D eigenvalue weighted by molar-refractivity contribution is 7.90. The van der Waals surface area contributed by atoms with Crippen molar-refractivity contribution in [2.45, 2.75) is 32.1 Å². The number of benzene rings is 2. The van der Waals surface area contributed by atoms with Gasteiger partial charge in [0.15, 0.2) is 0 Å². The summed E-state index contributed by atoms with van der Waals surface area (Å²) < 4.78 is 33.4. The molecule has 0 aliphatic carbocycles. The topological polar surface area (TPSA) is 103 Å². The molecular weight excluding hydrogens is 472 g/mol. The lowest BCUT2D eigenvalue weighted by Crippen LogP contribution is -2.31. The molecule has 0 aliphatic rings. The fourth-order valence-corrected chi connectivity index (χ4v) is 5.21. The summed E-state index contributed by atoms with van der Waals surface area (Å²) in [6.07, 6.45) is 1.22. The zero-order valence-electron chi connectivity index (χ0n) is 19.0. The van der Waals surface area contributed by atoms with E-state index >= 15 is 0 Å². The minimum Gasteiger partial charge on any atom is -0.448 e. The maximum atomic E-state index is 12.3. The average Bonchev–Trinajstić information content (AvgIpc) is 3.42. The molecule has 0 aliphatic heterocycles. The second kappa shape index (κ2) is 9.78. The third-order valence-corrected chi connectivity index (χ3v) is 7.41. The monoisotopic (exact) mass is 496 g/mol. The average molecular weight is 497 g/mol. The summed E-state index contributed by atoms with van der Waals surface area (Å²) in [5.74, 6) is 0. The maximum Gasteiger partial charge on any atom is 0.421 e. The van der Waals surface area contributed by atoms with E-state index in [2.05, 4.69) is 10.1 Å². The Morgan fingerprint density at radius 2 is 1.76 bits per heavy atom. The number of aryl methyl sites for hydroxylation is 2. The summed E-state index contributed by atoms with van der Waals surface area (Å²) in [4.78, 5) is 16.4. The molecule has 0 saturated carbocycles. The van der Waals surface area contributed by atoms with Gasteiger partial charge in [0.05, 0.1) is 34.1 Å². The number of amides is 1. The zero-order chi connectivity index (χ0) is 24.3. The van der Waals surface area contributed by atoms with E-state index in [0.29, 0.717) is 6.42 Å². The van der Waals surface area contributed by atoms with E-state index in [0.717, 1.165) is 38.8 Å². The van der Waals surface area contributed by atoms with Crippen LogP contribution in [-0.4, -0.2) is 35.9 Å². The van der Waals surface area contributed by atoms with Crippen LogP contribution in [-0.2, 0) is 21.2 Å². The maximum absolute atomic E-state index is 12.3. The number of nitrogens with one attached hydrogen (secondary N) is 1. The highest BCUT2D eigenvalue weighted by Crippen LogP contribution is 2.30. The van der Waals surface area contributed by atoms with Crippen molar-refractivity contribution in [2.24, 2.45) is 0 Å². The molecule has 2 aromatic carbocycles. The molecule has 8 nitrogen and oxygen atoms in total. The first-order chi connectivity index (χ1) is 16.2. The number of thiazole rings is 1. The number of carbonyl (C=O) groups is 1. The smallest absolute Gasteiger partial charge is 0.421 e. The van der Waals surface area contributed by atoms with E-state index in [1.54, 1.807) is 29.7 Å². The van der Waals surface area contributed by atoms with Crippen LogP contribution in [0, 0.1) is 20.8 Å². The Hall–Kier alpha value is -3.50. The summed E-state index contributed by atoms with van der Waals surface area (Å²) in [7, 11) is -3.97. The number of nitrogens with zero attached hydrogens (tertiary/aromatic N) is 3. The Kier molecular flexibility index (Phi) is 6.80. The quantitative estimate of drug-likeness (QED) is 0.402. The van der Waals surface area contributed by atoms with Crippen LogP contribution >= 0.6 is 11.3 Å². The first kappa shape index (κ1) is 23.7. The Balaban J connectivity index is 1.35. The molecule has 4 rings (SSSR count). The third-order valence-electron chi connectivity index (χ3n) is 5.29. The van der Waals surface area contributed by atoms with Crippen LogP contribution in [0.25, 0.3) is 16.3 Å². The molecule has 4 aromatic rings. The second-order valence-corrected chi connectivity index (χ2v) is 10.3. The van der Waals surface area contributed by atoms with Crippen molar-refractivity contribution in [1.82, 2.24) is 19.5 Å². The number of hydrogen-bond donors (Lipinski definition) is 1. The Bertz CT molecular complexity index is 1390. The molecule has 176 valence electrons. The summed E-state index contributed by atoms with van der Waals surface area (Å²) in [6, 6.07) is 14.0. The van der Waals surface area contributed by atoms with Crippen LogP contribution in [0.3, 0.4) is 0 Å². The minimum atomic E-state index is -3.97. The Morgan fingerprint density at radius 3 is 2.41 bits per heavy atom. The summed E-state index contributed by atoms with van der Waals surface area (Å²) in [5.41, 5.74) is 5.74. The molecule has 2 aromatic heterocycles. The number of hydrogen-bond acceptors (Lipinski definition) is 7. The van der Waals surface area contributed by atoms with Crippen molar-refractivity contribution >= 4 is 27.5 Å². The van der Waals surface area contributed by atoms with Gasteiger partial charge < -0.3 is 4.74 Å². The van der Waals surface area contributed by atoms with Crippen LogP contribution in [0.5, 0.6) is 0 Å². The predicted octanol–water partition coefficient (Wildman–Crippen LogP) is 4.58. The van der Waals surface area contributed by atoms with Gasteiger partial charge in [-0.3, -0.25) is 0 Å². The van der Waals surface area contributed by atoms with Crippen LogP contribution in [0.1, 0.15) is 22.5 Å². The number of rotatable bonds is 7. The summed E-state index contributed by atoms with van der Waals surface area (Å²) in [6.45, 7) is 5.88. The van der Waals surface area contributed by atoms with Gasteiger partial charge in [0.1, 0.15) is 5.01 Å². The number of sulfonamides is 1. The molecule has 0 bridgehead atoms. The fourth-order valence-electron chi connectivity index (χ4n) is 3.53. The molecule has 0 unspecified atom stereocenters. The Morgan fingerprint density at radius 1 is 1.06 bits per heavy atom. The molecule has 0 saturated heterocycles. The van der Waals surface area contributed by atoms with Gasteiger partial charge in [0, 0.05) is 18.0 Å². The van der Waals surface area contributed by atoms with Crippen molar-refractivity contribution in [2.75, 3.05) is 6.61 Å². The molecule has 0 radical (unpaired) electrons. The zero-order valence-corrected chi connectivity index (χ0v) is 20.6. The molecule has 0 fully saturated rings. The first-order valence-corrected chi connectivity index (χ1v) is 12.9. The van der Waals surface area contributed by atoms with Crippen LogP contribution < -0.4 is 4.72 Å². The van der Waals surface area contributed by atoms with Crippen LogP contribution in [0.15, 0.2) is 65.0 Å². The van der Waals surface area contributed by atoms with Crippen molar-refractivity contribution in [3.63, 3.8) is 0 Å². The van der Waals surface area contributed by atoms with Gasteiger partial charge in [-0.05, 0) is 50.6 Å². The normalized spacial score (nSPS) is 11.4. The molecule has 34 heavy (non-hydrogen) atoms. The van der Waals surface area contributed by atoms with Crippen molar-refractivity contribution < 1.29 is 17.9 Å². The lowest BCUT2D eigenvalue weighted by atomic mass is 10.1. The van der Waals surface area contributed by atoms with Gasteiger partial charge >= 0.3 is 6.09 Å². The van der Waals surface area contributed by atoms with E-state index in [9.17, 15) is 13.2 Å². The van der Waals surface area contributed by atoms with Crippen LogP contribution in [0.2, 0.25) is 0 Å². The lowest BCUT2D eigenvalue weighted by molar-refractivity contribution is 0.154. The van der Waals surface area contributed by atoms with Gasteiger partial charge in [-0.2, -0.15) is 5.10 Å². The van der Waals surface area contributed by atoms with Gasteiger partial charge in [0.2, 0.25) is 0 Å². The number of ether oxygens (including phenoxy) is 1. The number of carbonyl (C=O) groups excluding carboxylic acids is 1. The lowest BCUT2D eigenvalue weighted by Gasteiger charge is -2.09. The van der Waals surface area contributed by atoms with Gasteiger partial charge in [-0.25, -0.2) is 27.6 Å². The highest BCUT2D eigenvalue weighted by Gasteiger charge is 2.19. The molecule has 0 atom stereocenters. The molecule has 0 spiro atoms. The van der Waals surface area contributed by atoms with Gasteiger partial charge in [-0.15, -0.1) is 11.3 Å². The van der Waals surface area contributed by atoms with Crippen molar-refractivity contribution in [3.8, 4) is 16.3 Å². The van der Waals surface area contributed by atoms with Gasteiger partial charge in [-0.1, -0.05) is 29.8 Å². The van der Waals surface area contributed by atoms with Gasteiger partial charge in [0.25, 0.3) is 10.0 Å². The van der Waals surface area contributed by atoms with E-state index in [1.165, 1.54) is 12.1 Å². The van der Waals surface area contributed by atoms with E-state index < -0.39 is 16.1 Å². The highest BCUT2D eigenvalue weighted by atomic mass is 32.2. The van der Waals surface area contributed by atoms with E-state index in [4.69, 9.17) is 4.74 Å². The van der Waals surface area contributed by atoms with E-state index in [1.807, 2.05) is 59.8 Å². The van der Waals surface area contributed by atoms with Crippen LogP contribution in [0.4, 0.5) is 4.79 Å². The summed E-state index contributed by atoms with van der Waals surface area (Å²) in [5, 5.41) is 7.55. The van der Waals surface area contributed by atoms with E-state index in [-0.39, 0.29) is 11.5 Å². The SMILES string of the molecule is Cc1ccc(S(=O)(=O)NC(=O)OCCc2ccc(-n3nc(C)c(-c4nccs4)c3C)cc2)cc1. The molecule has 10 heteroatoms. The largest absolute Gasteiger partial charge is 0.448 e. The molecule has 1 amide bonds. The minimum absolute atomic E-state index is 0.00723. The molecule has 1 N–H and O–H groups in total. The Labute approximate surface area is 202 Å². The van der Waals surface area contributed by atoms with Crippen molar-refractivity contribution in [1.29, 1.82) is 0 Å². The molecular formula is C24H24N4O4S2. The third kappa shape index (κ3) is 5.18. The number of aromatic nitrogens is 3. The first-order valence-electron chi connectivity index (χ1n) is 10.6. The molecule has 2 heterocycles. The fraction of sp³-hybridized carbons (Fsp3) is 0.208. The predicted molar refractivity (Wildman–Crippen MR) is 131 cm³/mol. The standard InChI is InChI=1S/C24H24N4O4S2/c1-16-4-10-21(11-5-16)34(30,31)27-24(29)32-14-12-19-6-8-20(9-7-19)28-18(3)22(17(2)26-28)23-25-13-15-33-23/h4-11,13,15H,12,14H2,1-3H3,(H,27,29). The summed E-state index contributed by atoms with van der Waals surface area (Å²) >= 11 is 1.58.